The second-order valence-corrected chi connectivity index (χ2v) is 4.18. The molecule has 1 aromatic carbocycles. The Hall–Kier alpha value is -1.32. The van der Waals surface area contributed by atoms with Gasteiger partial charge in [-0.2, -0.15) is 4.39 Å². The molecule has 0 radical (unpaired) electrons. The van der Waals surface area contributed by atoms with Crippen LogP contribution in [0.25, 0.3) is 11.1 Å². The van der Waals surface area contributed by atoms with E-state index in [1.54, 1.807) is 18.2 Å². The van der Waals surface area contributed by atoms with Gasteiger partial charge in [0.15, 0.2) is 0 Å². The predicted octanol–water partition coefficient (Wildman–Crippen LogP) is 4.20. The molecule has 5 heteroatoms. The van der Waals surface area contributed by atoms with E-state index in [0.29, 0.717) is 26.9 Å². The molecule has 2 rings (SSSR count). The number of ether oxygens (including phenoxy) is 1. The van der Waals surface area contributed by atoms with Gasteiger partial charge in [-0.3, -0.25) is 0 Å². The molecule has 1 aromatic heterocycles. The SMILES string of the molecule is COc1cnc(F)cc1-c1ccc(Cl)cc1Cl. The largest absolute Gasteiger partial charge is 0.494 e. The van der Waals surface area contributed by atoms with Crippen molar-refractivity contribution >= 4 is 23.2 Å². The molecule has 2 nitrogen and oxygen atoms in total. The summed E-state index contributed by atoms with van der Waals surface area (Å²) in [6.07, 6.45) is 1.32. The van der Waals surface area contributed by atoms with Crippen LogP contribution in [-0.2, 0) is 0 Å². The van der Waals surface area contributed by atoms with Gasteiger partial charge in [0.1, 0.15) is 5.75 Å². The van der Waals surface area contributed by atoms with Crippen molar-refractivity contribution in [3.63, 3.8) is 0 Å². The summed E-state index contributed by atoms with van der Waals surface area (Å²) in [4.78, 5) is 3.52. The van der Waals surface area contributed by atoms with Crippen molar-refractivity contribution in [1.29, 1.82) is 0 Å². The average Bonchev–Trinajstić information content (AvgIpc) is 2.29. The molecule has 0 bridgehead atoms. The molecule has 2 aromatic rings. The monoisotopic (exact) mass is 271 g/mol. The molecule has 0 amide bonds. The Kier molecular flexibility index (Phi) is 3.50. The van der Waals surface area contributed by atoms with Crippen molar-refractivity contribution in [2.45, 2.75) is 0 Å². The molecule has 0 fully saturated rings. The summed E-state index contributed by atoms with van der Waals surface area (Å²) < 4.78 is 18.3. The third-order valence-corrected chi connectivity index (χ3v) is 2.82. The zero-order valence-electron chi connectivity index (χ0n) is 8.88. The van der Waals surface area contributed by atoms with Crippen LogP contribution in [-0.4, -0.2) is 12.1 Å². The number of methoxy groups -OCH3 is 1. The maximum atomic E-state index is 13.1. The number of aromatic nitrogens is 1. The van der Waals surface area contributed by atoms with Crippen LogP contribution in [0.2, 0.25) is 10.0 Å². The molecule has 0 N–H and O–H groups in total. The van der Waals surface area contributed by atoms with Gasteiger partial charge < -0.3 is 4.74 Å². The second-order valence-electron chi connectivity index (χ2n) is 3.33. The first-order chi connectivity index (χ1) is 8.11. The van der Waals surface area contributed by atoms with Gasteiger partial charge in [-0.15, -0.1) is 0 Å². The second kappa shape index (κ2) is 4.90. The normalized spacial score (nSPS) is 10.4. The Bertz CT molecular complexity index is 560. The van der Waals surface area contributed by atoms with Crippen molar-refractivity contribution < 1.29 is 9.13 Å². The fraction of sp³-hybridized carbons (Fsp3) is 0.0833. The molecule has 0 aliphatic carbocycles. The van der Waals surface area contributed by atoms with E-state index >= 15 is 0 Å². The molecule has 0 atom stereocenters. The number of hydrogen-bond acceptors (Lipinski definition) is 2. The maximum absolute atomic E-state index is 13.1. The summed E-state index contributed by atoms with van der Waals surface area (Å²) >= 11 is 11.9. The Morgan fingerprint density at radius 1 is 1.18 bits per heavy atom. The summed E-state index contributed by atoms with van der Waals surface area (Å²) in [5.74, 6) is -0.137. The van der Waals surface area contributed by atoms with E-state index in [0.717, 1.165) is 0 Å². The quantitative estimate of drug-likeness (QED) is 0.764. The Morgan fingerprint density at radius 2 is 1.94 bits per heavy atom. The molecular formula is C12H8Cl2FNO. The fourth-order valence-corrected chi connectivity index (χ4v) is 2.01. The number of rotatable bonds is 2. The molecule has 17 heavy (non-hydrogen) atoms. The fourth-order valence-electron chi connectivity index (χ4n) is 1.50. The summed E-state index contributed by atoms with van der Waals surface area (Å²) in [5.41, 5.74) is 1.19. The smallest absolute Gasteiger partial charge is 0.213 e. The van der Waals surface area contributed by atoms with Crippen LogP contribution < -0.4 is 4.74 Å². The lowest BCUT2D eigenvalue weighted by molar-refractivity contribution is 0.412. The molecule has 1 heterocycles. The molecule has 0 aliphatic heterocycles. The Morgan fingerprint density at radius 3 is 2.59 bits per heavy atom. The van der Waals surface area contributed by atoms with Crippen LogP contribution in [0.15, 0.2) is 30.5 Å². The number of pyridine rings is 1. The zero-order valence-corrected chi connectivity index (χ0v) is 10.4. The van der Waals surface area contributed by atoms with Crippen molar-refractivity contribution in [3.05, 3.63) is 46.5 Å². The molecular weight excluding hydrogens is 264 g/mol. The summed E-state index contributed by atoms with van der Waals surface area (Å²) in [6.45, 7) is 0. The predicted molar refractivity (Wildman–Crippen MR) is 66.2 cm³/mol. The molecule has 0 spiro atoms. The number of hydrogen-bond donors (Lipinski definition) is 0. The van der Waals surface area contributed by atoms with Crippen LogP contribution in [0.4, 0.5) is 4.39 Å². The molecule has 88 valence electrons. The van der Waals surface area contributed by atoms with Crippen molar-refractivity contribution in [1.82, 2.24) is 4.98 Å². The summed E-state index contributed by atoms with van der Waals surface area (Å²) in [7, 11) is 1.49. The minimum atomic E-state index is -0.591. The average molecular weight is 272 g/mol. The number of halogens is 3. The highest BCUT2D eigenvalue weighted by molar-refractivity contribution is 6.36. The molecule has 0 aliphatic rings. The highest BCUT2D eigenvalue weighted by Crippen LogP contribution is 2.35. The van der Waals surface area contributed by atoms with Gasteiger partial charge in [0, 0.05) is 22.2 Å². The third kappa shape index (κ3) is 2.51. The van der Waals surface area contributed by atoms with Gasteiger partial charge in [-0.05, 0) is 12.1 Å². The maximum Gasteiger partial charge on any atom is 0.213 e. The van der Waals surface area contributed by atoms with Crippen molar-refractivity contribution in [2.24, 2.45) is 0 Å². The highest BCUT2D eigenvalue weighted by atomic mass is 35.5. The van der Waals surface area contributed by atoms with Crippen molar-refractivity contribution in [3.8, 4) is 16.9 Å². The van der Waals surface area contributed by atoms with E-state index in [1.807, 2.05) is 0 Å². The van der Waals surface area contributed by atoms with Crippen LogP contribution in [0.1, 0.15) is 0 Å². The van der Waals surface area contributed by atoms with Gasteiger partial charge in [0.2, 0.25) is 5.95 Å². The van der Waals surface area contributed by atoms with E-state index in [-0.39, 0.29) is 0 Å². The first-order valence-corrected chi connectivity index (χ1v) is 5.52. The first-order valence-electron chi connectivity index (χ1n) is 4.77. The Labute approximate surface area is 108 Å². The topological polar surface area (TPSA) is 22.1 Å². The van der Waals surface area contributed by atoms with Crippen LogP contribution in [0.3, 0.4) is 0 Å². The van der Waals surface area contributed by atoms with Gasteiger partial charge in [-0.25, -0.2) is 4.98 Å². The minimum Gasteiger partial charge on any atom is -0.494 e. The zero-order chi connectivity index (χ0) is 12.4. The van der Waals surface area contributed by atoms with E-state index < -0.39 is 5.95 Å². The van der Waals surface area contributed by atoms with Crippen molar-refractivity contribution in [2.75, 3.05) is 7.11 Å². The number of nitrogens with zero attached hydrogens (tertiary/aromatic N) is 1. The van der Waals surface area contributed by atoms with Gasteiger partial charge in [-0.1, -0.05) is 29.3 Å². The van der Waals surface area contributed by atoms with E-state index in [4.69, 9.17) is 27.9 Å². The first kappa shape index (κ1) is 12.1. The number of benzene rings is 1. The molecule has 0 saturated carbocycles. The van der Waals surface area contributed by atoms with Crippen LogP contribution >= 0.6 is 23.2 Å². The van der Waals surface area contributed by atoms with E-state index in [2.05, 4.69) is 4.98 Å². The van der Waals surface area contributed by atoms with Gasteiger partial charge in [0.05, 0.1) is 18.3 Å². The lowest BCUT2D eigenvalue weighted by atomic mass is 10.1. The van der Waals surface area contributed by atoms with E-state index in [1.165, 1.54) is 19.4 Å². The minimum absolute atomic E-state index is 0.432. The standard InChI is InChI=1S/C12H8Cl2FNO/c1-17-11-6-16-12(15)5-9(11)8-3-2-7(13)4-10(8)14/h2-6H,1H3. The lowest BCUT2D eigenvalue weighted by Gasteiger charge is -2.09. The van der Waals surface area contributed by atoms with Gasteiger partial charge >= 0.3 is 0 Å². The third-order valence-electron chi connectivity index (χ3n) is 2.28. The molecule has 0 saturated heterocycles. The van der Waals surface area contributed by atoms with Gasteiger partial charge in [0.25, 0.3) is 0 Å². The van der Waals surface area contributed by atoms with E-state index in [9.17, 15) is 4.39 Å². The summed E-state index contributed by atoms with van der Waals surface area (Å²) in [5, 5.41) is 0.952. The molecule has 0 unspecified atom stereocenters. The Balaban J connectivity index is 2.62. The van der Waals surface area contributed by atoms with Crippen LogP contribution in [0, 0.1) is 5.95 Å². The highest BCUT2D eigenvalue weighted by Gasteiger charge is 2.11. The van der Waals surface area contributed by atoms with Crippen LogP contribution in [0.5, 0.6) is 5.75 Å². The summed E-state index contributed by atoms with van der Waals surface area (Å²) in [6, 6.07) is 6.26. The lowest BCUT2D eigenvalue weighted by Crippen LogP contribution is -1.92.